The van der Waals surface area contributed by atoms with Crippen LogP contribution in [0.2, 0.25) is 0 Å². The summed E-state index contributed by atoms with van der Waals surface area (Å²) in [6, 6.07) is 10.9. The zero-order valence-electron chi connectivity index (χ0n) is 13.9. The number of likely N-dealkylation sites (tertiary alicyclic amines) is 1. The van der Waals surface area contributed by atoms with Crippen molar-refractivity contribution in [2.75, 3.05) is 13.1 Å². The molecule has 1 saturated heterocycles. The van der Waals surface area contributed by atoms with Crippen molar-refractivity contribution in [3.8, 4) is 5.69 Å². The third-order valence-electron chi connectivity index (χ3n) is 4.78. The van der Waals surface area contributed by atoms with E-state index in [9.17, 15) is 0 Å². The predicted octanol–water partition coefficient (Wildman–Crippen LogP) is 2.61. The molecule has 3 aromatic rings. The zero-order valence-corrected chi connectivity index (χ0v) is 13.9. The standard InChI is InChI=1S/C18H22N6/c1-15-20-11-18(24(15)17-5-3-2-4-6-17)12-22-9-7-16(8-10-22)23-14-19-13-21-23/h2-6,11,13-14,16H,7-10,12H2,1H3. The van der Waals surface area contributed by atoms with Crippen LogP contribution in [-0.4, -0.2) is 42.3 Å². The summed E-state index contributed by atoms with van der Waals surface area (Å²) >= 11 is 0. The number of nitrogens with zero attached hydrogens (tertiary/aromatic N) is 6. The summed E-state index contributed by atoms with van der Waals surface area (Å²) < 4.78 is 4.25. The second-order valence-corrected chi connectivity index (χ2v) is 6.35. The van der Waals surface area contributed by atoms with Gasteiger partial charge in [0.2, 0.25) is 0 Å². The number of benzene rings is 1. The molecular formula is C18H22N6. The van der Waals surface area contributed by atoms with Gasteiger partial charge in [-0.1, -0.05) is 18.2 Å². The van der Waals surface area contributed by atoms with E-state index in [1.54, 1.807) is 6.33 Å². The molecular weight excluding hydrogens is 300 g/mol. The molecule has 0 amide bonds. The number of rotatable bonds is 4. The molecule has 3 heterocycles. The first kappa shape index (κ1) is 15.1. The van der Waals surface area contributed by atoms with Crippen molar-refractivity contribution in [2.45, 2.75) is 32.4 Å². The minimum atomic E-state index is 0.476. The third-order valence-corrected chi connectivity index (χ3v) is 4.78. The van der Waals surface area contributed by atoms with E-state index >= 15 is 0 Å². The highest BCUT2D eigenvalue weighted by Gasteiger charge is 2.22. The van der Waals surface area contributed by atoms with Gasteiger partial charge in [0.15, 0.2) is 0 Å². The fourth-order valence-electron chi connectivity index (χ4n) is 3.51. The van der Waals surface area contributed by atoms with Gasteiger partial charge in [0.05, 0.1) is 17.9 Å². The van der Waals surface area contributed by atoms with Gasteiger partial charge in [-0.15, -0.1) is 0 Å². The smallest absolute Gasteiger partial charge is 0.137 e. The van der Waals surface area contributed by atoms with Gasteiger partial charge in [-0.2, -0.15) is 5.10 Å². The van der Waals surface area contributed by atoms with Gasteiger partial charge in [0, 0.05) is 25.3 Å². The van der Waals surface area contributed by atoms with E-state index in [0.29, 0.717) is 6.04 Å². The summed E-state index contributed by atoms with van der Waals surface area (Å²) in [5.41, 5.74) is 2.43. The lowest BCUT2D eigenvalue weighted by Gasteiger charge is -2.31. The summed E-state index contributed by atoms with van der Waals surface area (Å²) in [7, 11) is 0. The SMILES string of the molecule is Cc1ncc(CN2CCC(n3cncn3)CC2)n1-c1ccccc1. The molecule has 6 nitrogen and oxygen atoms in total. The molecule has 0 saturated carbocycles. The van der Waals surface area contributed by atoms with E-state index in [-0.39, 0.29) is 0 Å². The summed E-state index contributed by atoms with van der Waals surface area (Å²) in [4.78, 5) is 11.1. The number of hydrogen-bond donors (Lipinski definition) is 0. The van der Waals surface area contributed by atoms with E-state index in [0.717, 1.165) is 38.3 Å². The molecule has 0 aliphatic carbocycles. The molecule has 4 rings (SSSR count). The Bertz CT molecular complexity index is 769. The van der Waals surface area contributed by atoms with Gasteiger partial charge < -0.3 is 0 Å². The van der Waals surface area contributed by atoms with Crippen LogP contribution in [0.3, 0.4) is 0 Å². The van der Waals surface area contributed by atoms with Crippen LogP contribution in [0.15, 0.2) is 49.2 Å². The minimum Gasteiger partial charge on any atom is -0.300 e. The Hall–Kier alpha value is -2.47. The highest BCUT2D eigenvalue weighted by molar-refractivity contribution is 5.35. The van der Waals surface area contributed by atoms with Crippen molar-refractivity contribution in [1.82, 2.24) is 29.2 Å². The quantitative estimate of drug-likeness (QED) is 0.741. The molecule has 0 unspecified atom stereocenters. The van der Waals surface area contributed by atoms with Gasteiger partial charge >= 0.3 is 0 Å². The molecule has 0 radical (unpaired) electrons. The average molecular weight is 322 g/mol. The van der Waals surface area contributed by atoms with Crippen molar-refractivity contribution in [3.05, 3.63) is 60.7 Å². The molecule has 6 heteroatoms. The Balaban J connectivity index is 1.46. The first-order valence-electron chi connectivity index (χ1n) is 8.46. The zero-order chi connectivity index (χ0) is 16.4. The van der Waals surface area contributed by atoms with Crippen molar-refractivity contribution in [3.63, 3.8) is 0 Å². The highest BCUT2D eigenvalue weighted by Crippen LogP contribution is 2.23. The van der Waals surface area contributed by atoms with Gasteiger partial charge in [-0.3, -0.25) is 9.47 Å². The van der Waals surface area contributed by atoms with Crippen LogP contribution in [0.1, 0.15) is 30.4 Å². The lowest BCUT2D eigenvalue weighted by molar-refractivity contribution is 0.171. The average Bonchev–Trinajstić information content (AvgIpc) is 3.27. The van der Waals surface area contributed by atoms with Gasteiger partial charge in [0.1, 0.15) is 18.5 Å². The highest BCUT2D eigenvalue weighted by atomic mass is 15.3. The van der Waals surface area contributed by atoms with Crippen LogP contribution in [0.25, 0.3) is 5.69 Å². The van der Waals surface area contributed by atoms with Crippen LogP contribution in [0.5, 0.6) is 0 Å². The van der Waals surface area contributed by atoms with E-state index in [2.05, 4.69) is 55.7 Å². The lowest BCUT2D eigenvalue weighted by atomic mass is 10.1. The second kappa shape index (κ2) is 6.57. The molecule has 0 spiro atoms. The number of hydrogen-bond acceptors (Lipinski definition) is 4. The van der Waals surface area contributed by atoms with Crippen LogP contribution in [0, 0.1) is 6.92 Å². The molecule has 1 aliphatic rings. The Morgan fingerprint density at radius 3 is 2.62 bits per heavy atom. The molecule has 24 heavy (non-hydrogen) atoms. The molecule has 1 fully saturated rings. The Morgan fingerprint density at radius 1 is 1.12 bits per heavy atom. The fraction of sp³-hybridized carbons (Fsp3) is 0.389. The largest absolute Gasteiger partial charge is 0.300 e. The third kappa shape index (κ3) is 2.97. The van der Waals surface area contributed by atoms with Crippen molar-refractivity contribution < 1.29 is 0 Å². The van der Waals surface area contributed by atoms with Crippen LogP contribution in [-0.2, 0) is 6.54 Å². The molecule has 1 aromatic carbocycles. The monoisotopic (exact) mass is 322 g/mol. The molecule has 124 valence electrons. The normalized spacial score (nSPS) is 16.5. The predicted molar refractivity (Wildman–Crippen MR) is 91.9 cm³/mol. The second-order valence-electron chi connectivity index (χ2n) is 6.35. The maximum Gasteiger partial charge on any atom is 0.137 e. The summed E-state index contributed by atoms with van der Waals surface area (Å²) in [5, 5.41) is 4.28. The number of piperidine rings is 1. The maximum atomic E-state index is 4.53. The number of aromatic nitrogens is 5. The lowest BCUT2D eigenvalue weighted by Crippen LogP contribution is -2.34. The first-order chi connectivity index (χ1) is 11.8. The Labute approximate surface area is 141 Å². The Morgan fingerprint density at radius 2 is 1.92 bits per heavy atom. The molecule has 2 aromatic heterocycles. The molecule has 0 N–H and O–H groups in total. The van der Waals surface area contributed by atoms with Crippen molar-refractivity contribution in [2.24, 2.45) is 0 Å². The Kier molecular flexibility index (Phi) is 4.13. The topological polar surface area (TPSA) is 51.8 Å². The first-order valence-corrected chi connectivity index (χ1v) is 8.46. The summed E-state index contributed by atoms with van der Waals surface area (Å²) in [5.74, 6) is 1.04. The molecule has 1 aliphatic heterocycles. The van der Waals surface area contributed by atoms with Crippen molar-refractivity contribution in [1.29, 1.82) is 0 Å². The van der Waals surface area contributed by atoms with Crippen LogP contribution < -0.4 is 0 Å². The fourth-order valence-corrected chi connectivity index (χ4v) is 3.51. The van der Waals surface area contributed by atoms with Gasteiger partial charge in [-0.05, 0) is 31.9 Å². The molecule has 0 atom stereocenters. The number of aryl methyl sites for hydroxylation is 1. The van der Waals surface area contributed by atoms with Crippen molar-refractivity contribution >= 4 is 0 Å². The van der Waals surface area contributed by atoms with E-state index < -0.39 is 0 Å². The summed E-state index contributed by atoms with van der Waals surface area (Å²) in [6.07, 6.45) is 7.68. The van der Waals surface area contributed by atoms with Crippen LogP contribution in [0.4, 0.5) is 0 Å². The van der Waals surface area contributed by atoms with E-state index in [4.69, 9.17) is 0 Å². The summed E-state index contributed by atoms with van der Waals surface area (Å²) in [6.45, 7) is 5.14. The minimum absolute atomic E-state index is 0.476. The van der Waals surface area contributed by atoms with E-state index in [1.165, 1.54) is 11.4 Å². The van der Waals surface area contributed by atoms with Crippen LogP contribution >= 0.6 is 0 Å². The van der Waals surface area contributed by atoms with Gasteiger partial charge in [0.25, 0.3) is 0 Å². The van der Waals surface area contributed by atoms with E-state index in [1.807, 2.05) is 23.3 Å². The number of imidazole rings is 1. The van der Waals surface area contributed by atoms with Gasteiger partial charge in [-0.25, -0.2) is 14.6 Å². The number of para-hydroxylation sites is 1. The maximum absolute atomic E-state index is 4.53. The molecule has 0 bridgehead atoms.